The molecule has 0 bridgehead atoms. The van der Waals surface area contributed by atoms with E-state index in [2.05, 4.69) is 55.6 Å². The van der Waals surface area contributed by atoms with Crippen LogP contribution >= 0.6 is 0 Å². The van der Waals surface area contributed by atoms with Gasteiger partial charge < -0.3 is 30.6 Å². The maximum absolute atomic E-state index is 13.9. The number of nitrogens with zero attached hydrogens (tertiary/aromatic N) is 8. The first-order valence-electron chi connectivity index (χ1n) is 19.2. The first-order chi connectivity index (χ1) is 28.7. The fourth-order valence-electron chi connectivity index (χ4n) is 6.88. The summed E-state index contributed by atoms with van der Waals surface area (Å²) in [5.74, 6) is -0.149. The Hall–Kier alpha value is -6.90. The number of Topliss-reactive ketones (excluding diaryl/α,β-unsaturated/α-hetero) is 1. The molecule has 3 aromatic carbocycles. The van der Waals surface area contributed by atoms with Gasteiger partial charge in [0.15, 0.2) is 17.2 Å². The number of H-pyrrole nitrogens is 1. The van der Waals surface area contributed by atoms with E-state index in [-0.39, 0.29) is 47.5 Å². The van der Waals surface area contributed by atoms with E-state index < -0.39 is 11.6 Å². The number of methoxy groups -OCH3 is 1. The van der Waals surface area contributed by atoms with Crippen molar-refractivity contribution in [1.82, 2.24) is 34.7 Å². The fraction of sp³-hybridized carbons (Fsp3) is 0.310. The van der Waals surface area contributed by atoms with Gasteiger partial charge in [-0.05, 0) is 53.8 Å². The SMILES string of the molecule is [C-]#[N+]c1ccc(C[C@H](Nc2nc(NCC3=Nc4cc(F)ccc4C3)nc(Nc3cccc(CN4CCN(C(=O)c5ncc[nH]c5=O)CC4)c3)n2)C(=O)CCCOC)cc1. The molecule has 302 valence electrons. The first kappa shape index (κ1) is 40.3. The molecule has 1 fully saturated rings. The van der Waals surface area contributed by atoms with Gasteiger partial charge in [0.2, 0.25) is 17.8 Å². The molecule has 2 aliphatic heterocycles. The van der Waals surface area contributed by atoms with Crippen LogP contribution < -0.4 is 21.5 Å². The minimum Gasteiger partial charge on any atom is -0.385 e. The molecule has 16 nitrogen and oxygen atoms in total. The van der Waals surface area contributed by atoms with Crippen molar-refractivity contribution in [2.45, 2.75) is 38.3 Å². The number of rotatable bonds is 17. The third kappa shape index (κ3) is 10.7. The molecule has 59 heavy (non-hydrogen) atoms. The molecule has 0 unspecified atom stereocenters. The molecule has 5 aromatic rings. The number of hydrogen-bond donors (Lipinski definition) is 4. The zero-order chi connectivity index (χ0) is 41.1. The van der Waals surface area contributed by atoms with Crippen LogP contribution in [-0.2, 0) is 28.9 Å². The summed E-state index contributed by atoms with van der Waals surface area (Å²) in [6.07, 6.45) is 4.50. The van der Waals surface area contributed by atoms with Crippen LogP contribution in [0.25, 0.3) is 4.85 Å². The van der Waals surface area contributed by atoms with Gasteiger partial charge in [-0.3, -0.25) is 24.3 Å². The summed E-state index contributed by atoms with van der Waals surface area (Å²) in [6, 6.07) is 18.8. The Labute approximate surface area is 339 Å². The smallest absolute Gasteiger partial charge is 0.279 e. The van der Waals surface area contributed by atoms with Crippen molar-refractivity contribution in [1.29, 1.82) is 0 Å². The molecule has 0 aliphatic carbocycles. The van der Waals surface area contributed by atoms with Crippen molar-refractivity contribution >= 4 is 52.3 Å². The summed E-state index contributed by atoms with van der Waals surface area (Å²) in [6.45, 7) is 10.8. The van der Waals surface area contributed by atoms with Crippen LogP contribution in [0.5, 0.6) is 0 Å². The Morgan fingerprint density at radius 3 is 2.56 bits per heavy atom. The number of ether oxygens (including phenoxy) is 1. The van der Waals surface area contributed by atoms with Crippen LogP contribution in [0.2, 0.25) is 0 Å². The zero-order valence-electron chi connectivity index (χ0n) is 32.4. The molecule has 17 heteroatoms. The van der Waals surface area contributed by atoms with Crippen LogP contribution in [0.1, 0.15) is 40.0 Å². The van der Waals surface area contributed by atoms with Crippen molar-refractivity contribution < 1.29 is 18.7 Å². The Morgan fingerprint density at radius 1 is 0.983 bits per heavy atom. The van der Waals surface area contributed by atoms with E-state index in [0.29, 0.717) is 76.5 Å². The number of piperazine rings is 1. The number of halogens is 1. The van der Waals surface area contributed by atoms with Crippen molar-refractivity contribution in [3.8, 4) is 0 Å². The van der Waals surface area contributed by atoms with E-state index in [0.717, 1.165) is 28.1 Å². The summed E-state index contributed by atoms with van der Waals surface area (Å²) < 4.78 is 19.1. The number of aromatic nitrogens is 5. The topological polar surface area (TPSA) is 187 Å². The second kappa shape index (κ2) is 19.0. The van der Waals surface area contributed by atoms with Gasteiger partial charge in [-0.1, -0.05) is 42.5 Å². The van der Waals surface area contributed by atoms with Crippen LogP contribution in [0.15, 0.2) is 88.9 Å². The van der Waals surface area contributed by atoms with Crippen molar-refractivity contribution in [2.75, 3.05) is 62.4 Å². The lowest BCUT2D eigenvalue weighted by atomic mass is 9.99. The highest BCUT2D eigenvalue weighted by atomic mass is 19.1. The fourth-order valence-corrected chi connectivity index (χ4v) is 6.88. The zero-order valence-corrected chi connectivity index (χ0v) is 32.4. The number of aliphatic imine (C=N–C) groups is 1. The average molecular weight is 799 g/mol. The minimum atomic E-state index is -0.693. The lowest BCUT2D eigenvalue weighted by molar-refractivity contribution is -0.120. The number of carbonyl (C=O) groups excluding carboxylic acids is 2. The quantitative estimate of drug-likeness (QED) is 0.0721. The molecular formula is C42H43FN12O4. The minimum absolute atomic E-state index is 0.0469. The highest BCUT2D eigenvalue weighted by Gasteiger charge is 2.25. The van der Waals surface area contributed by atoms with Gasteiger partial charge in [0.05, 0.1) is 24.8 Å². The number of ketones is 1. The first-order valence-corrected chi connectivity index (χ1v) is 19.2. The largest absolute Gasteiger partial charge is 0.385 e. The summed E-state index contributed by atoms with van der Waals surface area (Å²) in [7, 11) is 1.59. The molecule has 4 heterocycles. The lowest BCUT2D eigenvalue weighted by Gasteiger charge is -2.34. The van der Waals surface area contributed by atoms with Crippen LogP contribution in [0.4, 0.5) is 39.3 Å². The second-order valence-electron chi connectivity index (χ2n) is 14.2. The van der Waals surface area contributed by atoms with E-state index in [1.807, 2.05) is 36.4 Å². The highest BCUT2D eigenvalue weighted by Crippen LogP contribution is 2.28. The van der Waals surface area contributed by atoms with Gasteiger partial charge in [-0.25, -0.2) is 14.2 Å². The highest BCUT2D eigenvalue weighted by molar-refractivity contribution is 5.96. The van der Waals surface area contributed by atoms with Gasteiger partial charge in [0.1, 0.15) is 5.82 Å². The average Bonchev–Trinajstić information content (AvgIpc) is 3.65. The number of nitrogens with one attached hydrogen (secondary N) is 4. The normalized spacial score (nSPS) is 14.2. The molecule has 1 amide bonds. The summed E-state index contributed by atoms with van der Waals surface area (Å²) in [5.41, 5.74) is 4.80. The Balaban J connectivity index is 1.08. The van der Waals surface area contributed by atoms with Crippen molar-refractivity contribution in [3.05, 3.63) is 129 Å². The molecule has 1 atom stereocenters. The molecule has 0 radical (unpaired) electrons. The van der Waals surface area contributed by atoms with E-state index in [4.69, 9.17) is 11.3 Å². The molecule has 2 aliphatic rings. The number of aromatic amines is 1. The van der Waals surface area contributed by atoms with Gasteiger partial charge in [0.25, 0.3) is 11.5 Å². The van der Waals surface area contributed by atoms with Crippen LogP contribution in [0, 0.1) is 12.4 Å². The Kier molecular flexibility index (Phi) is 13.0. The van der Waals surface area contributed by atoms with Gasteiger partial charge in [0, 0.05) is 83.1 Å². The van der Waals surface area contributed by atoms with Gasteiger partial charge in [-0.2, -0.15) is 15.0 Å². The number of hydrogen-bond acceptors (Lipinski definition) is 13. The van der Waals surface area contributed by atoms with Crippen LogP contribution in [-0.4, -0.2) is 105 Å². The third-order valence-corrected chi connectivity index (χ3v) is 9.93. The number of amides is 1. The maximum atomic E-state index is 13.9. The van der Waals surface area contributed by atoms with Gasteiger partial charge in [-0.15, -0.1) is 0 Å². The molecule has 2 aromatic heterocycles. The molecular weight excluding hydrogens is 756 g/mol. The predicted octanol–water partition coefficient (Wildman–Crippen LogP) is 5.11. The number of benzene rings is 3. The van der Waals surface area contributed by atoms with Gasteiger partial charge >= 0.3 is 0 Å². The van der Waals surface area contributed by atoms with E-state index in [1.165, 1.54) is 24.5 Å². The summed E-state index contributed by atoms with van der Waals surface area (Å²) >= 11 is 0. The maximum Gasteiger partial charge on any atom is 0.279 e. The van der Waals surface area contributed by atoms with Crippen molar-refractivity contribution in [2.24, 2.45) is 4.99 Å². The second-order valence-corrected chi connectivity index (χ2v) is 14.2. The molecule has 4 N–H and O–H groups in total. The summed E-state index contributed by atoms with van der Waals surface area (Å²) in [4.78, 5) is 71.1. The van der Waals surface area contributed by atoms with Crippen LogP contribution in [0.3, 0.4) is 0 Å². The monoisotopic (exact) mass is 798 g/mol. The lowest BCUT2D eigenvalue weighted by Crippen LogP contribution is -2.49. The predicted molar refractivity (Wildman–Crippen MR) is 221 cm³/mol. The Morgan fingerprint density at radius 2 is 1.78 bits per heavy atom. The van der Waals surface area contributed by atoms with E-state index in [1.54, 1.807) is 30.2 Å². The molecule has 1 saturated heterocycles. The van der Waals surface area contributed by atoms with E-state index >= 15 is 0 Å². The molecule has 7 rings (SSSR count). The number of anilines is 4. The third-order valence-electron chi connectivity index (χ3n) is 9.93. The number of carbonyl (C=O) groups is 2. The Bertz CT molecular complexity index is 2430. The molecule has 0 spiro atoms. The summed E-state index contributed by atoms with van der Waals surface area (Å²) in [5, 5.41) is 9.82. The van der Waals surface area contributed by atoms with Crippen molar-refractivity contribution in [3.63, 3.8) is 0 Å². The number of fused-ring (bicyclic) bond motifs is 1. The molecule has 0 saturated carbocycles. The van der Waals surface area contributed by atoms with E-state index in [9.17, 15) is 18.8 Å². The standard InChI is InChI=1S/C42H43FN12O4/c1-44-31-12-8-27(9-13-31)22-35(36(56)7-4-20-59-2)50-42-52-40(47-25-33-23-29-10-11-30(43)24-34(29)48-33)51-41(53-42)49-32-6-3-5-28(21-32)26-54-16-18-55(19-17-54)39(58)37-38(57)46-15-14-45-37/h3,5-6,8-15,21,24,35H,4,7,16-20,22-23,25-26H2,2H3,(H,46,57)(H3,47,49,50,51,52,53)/t35-/m0/s1.